The molecule has 0 aliphatic carbocycles. The van der Waals surface area contributed by atoms with E-state index in [0.717, 1.165) is 32.0 Å². The van der Waals surface area contributed by atoms with E-state index >= 15 is 0 Å². The molecule has 0 bridgehead atoms. The van der Waals surface area contributed by atoms with Crippen LogP contribution in [-0.2, 0) is 20.5 Å². The average Bonchev–Trinajstić information content (AvgIpc) is 3.32. The second kappa shape index (κ2) is 13.1. The van der Waals surface area contributed by atoms with Gasteiger partial charge < -0.3 is 16.4 Å². The van der Waals surface area contributed by atoms with Crippen LogP contribution in [0.5, 0.6) is 0 Å². The first kappa shape index (κ1) is 26.5. The Balaban J connectivity index is 0.000000192. The standard InChI is InChI=1S/C10H12BrN5.C5H10N4.C4H2BrClN2/c1-12-10-7(6-16(2)15-10)3-9-13-4-8(11)5-14-9;1-7-5-4(6)3-9(2)8-5;5-3-1-7-4(6)8-2-3/h4-6H,3H2,1-2H3,(H,12,15);3H,6H2,1-2H3,(H,7,8);1-2H. The van der Waals surface area contributed by atoms with Crippen molar-refractivity contribution < 1.29 is 0 Å². The van der Waals surface area contributed by atoms with Crippen LogP contribution < -0.4 is 16.4 Å². The molecule has 4 N–H and O–H groups in total. The Morgan fingerprint density at radius 3 is 1.76 bits per heavy atom. The van der Waals surface area contributed by atoms with Gasteiger partial charge >= 0.3 is 0 Å². The number of nitrogen functional groups attached to an aromatic ring is 1. The number of halogens is 3. The molecular weight excluding hydrogens is 578 g/mol. The lowest BCUT2D eigenvalue weighted by atomic mass is 10.2. The first-order valence-electron chi connectivity index (χ1n) is 9.48. The fourth-order valence-corrected chi connectivity index (χ4v) is 2.98. The summed E-state index contributed by atoms with van der Waals surface area (Å²) in [5.41, 5.74) is 7.28. The second-order valence-electron chi connectivity index (χ2n) is 6.45. The molecule has 0 unspecified atom stereocenters. The number of hydrogen-bond donors (Lipinski definition) is 3. The van der Waals surface area contributed by atoms with Gasteiger partial charge in [-0.1, -0.05) is 0 Å². The van der Waals surface area contributed by atoms with Gasteiger partial charge in [-0.2, -0.15) is 10.2 Å². The molecule has 0 saturated heterocycles. The largest absolute Gasteiger partial charge is 0.394 e. The van der Waals surface area contributed by atoms with E-state index in [1.807, 2.05) is 27.3 Å². The lowest BCUT2D eigenvalue weighted by molar-refractivity contribution is 0.769. The highest BCUT2D eigenvalue weighted by Gasteiger charge is 2.08. The molecule has 0 radical (unpaired) electrons. The summed E-state index contributed by atoms with van der Waals surface area (Å²) in [4.78, 5) is 15.8. The molecule has 0 atom stereocenters. The fraction of sp³-hybridized carbons (Fsp3) is 0.263. The zero-order valence-corrected chi connectivity index (χ0v) is 22.4. The Labute approximate surface area is 213 Å². The summed E-state index contributed by atoms with van der Waals surface area (Å²) < 4.78 is 5.17. The molecule has 4 rings (SSSR count). The highest BCUT2D eigenvalue weighted by atomic mass is 79.9. The zero-order chi connectivity index (χ0) is 24.4. The van der Waals surface area contributed by atoms with E-state index in [9.17, 15) is 0 Å². The third-order valence-electron chi connectivity index (χ3n) is 3.85. The SMILES string of the molecule is CNc1nn(C)cc1Cc1ncc(Br)cn1.CNc1nn(C)cc1N.Clc1ncc(Br)cn1. The van der Waals surface area contributed by atoms with Gasteiger partial charge in [-0.05, 0) is 43.5 Å². The molecule has 0 fully saturated rings. The van der Waals surface area contributed by atoms with Crippen LogP contribution in [0.15, 0.2) is 46.1 Å². The fourth-order valence-electron chi connectivity index (χ4n) is 2.48. The summed E-state index contributed by atoms with van der Waals surface area (Å²) >= 11 is 11.8. The highest BCUT2D eigenvalue weighted by molar-refractivity contribution is 9.10. The lowest BCUT2D eigenvalue weighted by Crippen LogP contribution is -1.98. The third-order valence-corrected chi connectivity index (χ3v) is 4.86. The molecule has 0 aromatic carbocycles. The topological polar surface area (TPSA) is 137 Å². The molecule has 4 aromatic heterocycles. The predicted octanol–water partition coefficient (Wildman–Crippen LogP) is 3.54. The highest BCUT2D eigenvalue weighted by Crippen LogP contribution is 2.15. The Hall–Kier alpha value is -2.77. The van der Waals surface area contributed by atoms with Crippen molar-refractivity contribution in [2.75, 3.05) is 30.5 Å². The van der Waals surface area contributed by atoms with Gasteiger partial charge in [0, 0.05) is 77.4 Å². The number of aromatic nitrogens is 8. The van der Waals surface area contributed by atoms with Crippen LogP contribution in [0, 0.1) is 0 Å². The molecule has 4 heterocycles. The van der Waals surface area contributed by atoms with Gasteiger partial charge in [-0.15, -0.1) is 0 Å². The maximum Gasteiger partial charge on any atom is 0.222 e. The molecule has 11 nitrogen and oxygen atoms in total. The van der Waals surface area contributed by atoms with Gasteiger partial charge in [0.05, 0.1) is 14.6 Å². The van der Waals surface area contributed by atoms with Crippen LogP contribution in [0.2, 0.25) is 5.28 Å². The van der Waals surface area contributed by atoms with E-state index in [1.54, 1.807) is 47.4 Å². The van der Waals surface area contributed by atoms with Gasteiger partial charge in [-0.25, -0.2) is 19.9 Å². The monoisotopic (exact) mass is 599 g/mol. The smallest absolute Gasteiger partial charge is 0.222 e. The summed E-state index contributed by atoms with van der Waals surface area (Å²) in [7, 11) is 7.37. The number of nitrogens with zero attached hydrogens (tertiary/aromatic N) is 8. The van der Waals surface area contributed by atoms with Crippen LogP contribution in [-0.4, -0.2) is 53.6 Å². The van der Waals surface area contributed by atoms with E-state index in [-0.39, 0.29) is 5.28 Å². The minimum Gasteiger partial charge on any atom is -0.394 e. The minimum atomic E-state index is 0.271. The molecule has 176 valence electrons. The zero-order valence-electron chi connectivity index (χ0n) is 18.5. The maximum absolute atomic E-state index is 5.51. The third kappa shape index (κ3) is 8.94. The lowest BCUT2D eigenvalue weighted by Gasteiger charge is -2.00. The summed E-state index contributed by atoms with van der Waals surface area (Å²) in [5, 5.41) is 14.5. The Morgan fingerprint density at radius 1 is 0.848 bits per heavy atom. The number of hydrogen-bond acceptors (Lipinski definition) is 9. The minimum absolute atomic E-state index is 0.271. The predicted molar refractivity (Wildman–Crippen MR) is 137 cm³/mol. The van der Waals surface area contributed by atoms with Crippen molar-refractivity contribution in [2.24, 2.45) is 14.1 Å². The van der Waals surface area contributed by atoms with Gasteiger partial charge in [0.2, 0.25) is 5.28 Å². The summed E-state index contributed by atoms with van der Waals surface area (Å²) in [6, 6.07) is 0. The number of aryl methyl sites for hydroxylation is 2. The van der Waals surface area contributed by atoms with Crippen molar-refractivity contribution in [1.82, 2.24) is 39.5 Å². The van der Waals surface area contributed by atoms with Gasteiger partial charge in [0.1, 0.15) is 5.82 Å². The Bertz CT molecular complexity index is 1110. The summed E-state index contributed by atoms with van der Waals surface area (Å²) in [6.45, 7) is 0. The first-order chi connectivity index (χ1) is 15.7. The van der Waals surface area contributed by atoms with Crippen molar-refractivity contribution in [3.05, 3.63) is 62.8 Å². The maximum atomic E-state index is 5.51. The Kier molecular flexibility index (Phi) is 10.5. The van der Waals surface area contributed by atoms with Crippen molar-refractivity contribution in [2.45, 2.75) is 6.42 Å². The van der Waals surface area contributed by atoms with Gasteiger partial charge in [0.15, 0.2) is 11.6 Å². The molecule has 0 aliphatic rings. The normalized spacial score (nSPS) is 9.91. The second-order valence-corrected chi connectivity index (χ2v) is 8.62. The molecule has 0 aliphatic heterocycles. The van der Waals surface area contributed by atoms with Crippen LogP contribution in [0.1, 0.15) is 11.4 Å². The number of nitrogens with two attached hydrogens (primary N) is 1. The number of nitrogens with one attached hydrogen (secondary N) is 2. The molecule has 0 amide bonds. The molecule has 14 heteroatoms. The summed E-state index contributed by atoms with van der Waals surface area (Å²) in [5.74, 6) is 2.39. The van der Waals surface area contributed by atoms with E-state index in [4.69, 9.17) is 17.3 Å². The summed E-state index contributed by atoms with van der Waals surface area (Å²) in [6.07, 6.45) is 11.1. The molecular formula is C19H24Br2ClN11. The van der Waals surface area contributed by atoms with Crippen molar-refractivity contribution >= 4 is 60.8 Å². The quantitative estimate of drug-likeness (QED) is 0.300. The van der Waals surface area contributed by atoms with E-state index < -0.39 is 0 Å². The van der Waals surface area contributed by atoms with Crippen LogP contribution in [0.25, 0.3) is 0 Å². The van der Waals surface area contributed by atoms with Crippen LogP contribution >= 0.6 is 43.5 Å². The van der Waals surface area contributed by atoms with Gasteiger partial charge in [0.25, 0.3) is 0 Å². The van der Waals surface area contributed by atoms with Crippen molar-refractivity contribution in [3.63, 3.8) is 0 Å². The molecule has 4 aromatic rings. The number of anilines is 3. The Morgan fingerprint density at radius 2 is 1.33 bits per heavy atom. The molecule has 0 saturated carbocycles. The van der Waals surface area contributed by atoms with Crippen LogP contribution in [0.4, 0.5) is 17.3 Å². The van der Waals surface area contributed by atoms with E-state index in [1.165, 1.54) is 0 Å². The molecule has 0 spiro atoms. The van der Waals surface area contributed by atoms with Crippen LogP contribution in [0.3, 0.4) is 0 Å². The van der Waals surface area contributed by atoms with Crippen molar-refractivity contribution in [1.29, 1.82) is 0 Å². The van der Waals surface area contributed by atoms with E-state index in [0.29, 0.717) is 12.1 Å². The number of rotatable bonds is 4. The van der Waals surface area contributed by atoms with Crippen molar-refractivity contribution in [3.8, 4) is 0 Å². The first-order valence-corrected chi connectivity index (χ1v) is 11.4. The molecule has 33 heavy (non-hydrogen) atoms. The average molecular weight is 602 g/mol. The van der Waals surface area contributed by atoms with Gasteiger partial charge in [-0.3, -0.25) is 9.36 Å². The van der Waals surface area contributed by atoms with E-state index in [2.05, 4.69) is 72.6 Å².